The van der Waals surface area contributed by atoms with E-state index in [0.29, 0.717) is 6.42 Å². The molecule has 116 valence electrons. The van der Waals surface area contributed by atoms with Crippen LogP contribution in [0.3, 0.4) is 0 Å². The smallest absolute Gasteiger partial charge is 0.315 e. The quantitative estimate of drug-likeness (QED) is 0.862. The first-order chi connectivity index (χ1) is 10.7. The fraction of sp³-hybridized carbons (Fsp3) is 0.250. The second kappa shape index (κ2) is 8.07. The number of hydrogen-bond donors (Lipinski definition) is 2. The minimum atomic E-state index is -0.630. The Morgan fingerprint density at radius 3 is 2.82 bits per heavy atom. The molecule has 0 saturated heterocycles. The summed E-state index contributed by atoms with van der Waals surface area (Å²) in [5, 5.41) is 5.17. The molecule has 0 spiro atoms. The number of alkyl halides is 1. The molecule has 0 saturated carbocycles. The molecule has 22 heavy (non-hydrogen) atoms. The summed E-state index contributed by atoms with van der Waals surface area (Å²) < 4.78 is 25.4. The number of carbonyl (C=O) groups is 1. The van der Waals surface area contributed by atoms with Gasteiger partial charge in [-0.3, -0.25) is 4.98 Å². The molecule has 0 fully saturated rings. The topological polar surface area (TPSA) is 54.0 Å². The zero-order chi connectivity index (χ0) is 15.8. The van der Waals surface area contributed by atoms with Gasteiger partial charge in [0.05, 0.1) is 6.04 Å². The van der Waals surface area contributed by atoms with E-state index in [9.17, 15) is 13.6 Å². The van der Waals surface area contributed by atoms with E-state index in [1.54, 1.807) is 30.6 Å². The Kier molecular flexibility index (Phi) is 5.82. The van der Waals surface area contributed by atoms with Crippen LogP contribution in [0.15, 0.2) is 48.8 Å². The van der Waals surface area contributed by atoms with E-state index in [4.69, 9.17) is 0 Å². The van der Waals surface area contributed by atoms with E-state index < -0.39 is 12.7 Å². The molecule has 4 nitrogen and oxygen atoms in total. The minimum Gasteiger partial charge on any atom is -0.336 e. The van der Waals surface area contributed by atoms with Crippen molar-refractivity contribution < 1.29 is 13.6 Å². The van der Waals surface area contributed by atoms with E-state index in [1.807, 2.05) is 6.07 Å². The van der Waals surface area contributed by atoms with Crippen molar-refractivity contribution in [3.8, 4) is 0 Å². The Labute approximate surface area is 127 Å². The number of nitrogens with zero attached hydrogens (tertiary/aromatic N) is 1. The summed E-state index contributed by atoms with van der Waals surface area (Å²) in [5.41, 5.74) is 1.54. The molecule has 2 N–H and O–H groups in total. The molecule has 2 amide bonds. The summed E-state index contributed by atoms with van der Waals surface area (Å²) in [6, 6.07) is 8.93. The number of hydrogen-bond acceptors (Lipinski definition) is 2. The first-order valence-electron chi connectivity index (χ1n) is 6.93. The summed E-state index contributed by atoms with van der Waals surface area (Å²) in [6.45, 7) is -0.680. The Bertz CT molecular complexity index is 607. The van der Waals surface area contributed by atoms with Gasteiger partial charge in [-0.25, -0.2) is 13.6 Å². The summed E-state index contributed by atoms with van der Waals surface area (Å²) in [6.07, 6.45) is 3.68. The number of nitrogens with one attached hydrogen (secondary N) is 2. The molecule has 6 heteroatoms. The molecule has 1 unspecified atom stereocenters. The predicted octanol–water partition coefficient (Wildman–Crippen LogP) is 2.77. The van der Waals surface area contributed by atoms with Crippen LogP contribution in [0.2, 0.25) is 0 Å². The molecule has 1 atom stereocenters. The lowest BCUT2D eigenvalue weighted by Crippen LogP contribution is -2.39. The van der Waals surface area contributed by atoms with Gasteiger partial charge in [-0.2, -0.15) is 0 Å². The van der Waals surface area contributed by atoms with Gasteiger partial charge in [0.2, 0.25) is 0 Å². The standard InChI is InChI=1S/C16H17F2N3O/c17-6-8-20-16(22)21-15(13-4-2-7-19-11-13)10-12-3-1-5-14(18)9-12/h1-5,7,9,11,15H,6,8,10H2,(H2,20,21,22). The van der Waals surface area contributed by atoms with Crippen LogP contribution in [-0.2, 0) is 6.42 Å². The number of urea groups is 1. The van der Waals surface area contributed by atoms with Crippen molar-refractivity contribution in [1.29, 1.82) is 0 Å². The predicted molar refractivity (Wildman–Crippen MR) is 79.6 cm³/mol. The van der Waals surface area contributed by atoms with Gasteiger partial charge >= 0.3 is 6.03 Å². The maximum absolute atomic E-state index is 13.3. The number of amides is 2. The lowest BCUT2D eigenvalue weighted by atomic mass is 10.0. The number of pyridine rings is 1. The highest BCUT2D eigenvalue weighted by Crippen LogP contribution is 2.18. The van der Waals surface area contributed by atoms with Crippen molar-refractivity contribution in [2.45, 2.75) is 12.5 Å². The Hall–Kier alpha value is -2.50. The molecule has 1 aromatic carbocycles. The second-order valence-corrected chi connectivity index (χ2v) is 4.76. The van der Waals surface area contributed by atoms with Gasteiger partial charge in [-0.05, 0) is 35.7 Å². The summed E-state index contributed by atoms with van der Waals surface area (Å²) in [7, 11) is 0. The van der Waals surface area contributed by atoms with E-state index in [1.165, 1.54) is 12.1 Å². The molecule has 0 aliphatic heterocycles. The molecule has 0 radical (unpaired) electrons. The third-order valence-corrected chi connectivity index (χ3v) is 3.10. The molecular formula is C16H17F2N3O. The van der Waals surface area contributed by atoms with Crippen molar-refractivity contribution in [2.75, 3.05) is 13.2 Å². The van der Waals surface area contributed by atoms with Gasteiger partial charge in [0, 0.05) is 18.9 Å². The first kappa shape index (κ1) is 15.9. The second-order valence-electron chi connectivity index (χ2n) is 4.76. The molecule has 2 rings (SSSR count). The summed E-state index contributed by atoms with van der Waals surface area (Å²) in [5.74, 6) is -0.329. The largest absolute Gasteiger partial charge is 0.336 e. The van der Waals surface area contributed by atoms with Crippen LogP contribution < -0.4 is 10.6 Å². The highest BCUT2D eigenvalue weighted by molar-refractivity contribution is 5.74. The normalized spacial score (nSPS) is 11.7. The highest BCUT2D eigenvalue weighted by atomic mass is 19.1. The third-order valence-electron chi connectivity index (χ3n) is 3.10. The Balaban J connectivity index is 2.13. The van der Waals surface area contributed by atoms with E-state index in [-0.39, 0.29) is 18.4 Å². The van der Waals surface area contributed by atoms with E-state index in [0.717, 1.165) is 11.1 Å². The van der Waals surface area contributed by atoms with Crippen LogP contribution in [0, 0.1) is 5.82 Å². The van der Waals surface area contributed by atoms with E-state index >= 15 is 0 Å². The molecule has 1 heterocycles. The summed E-state index contributed by atoms with van der Waals surface area (Å²) in [4.78, 5) is 15.8. The lowest BCUT2D eigenvalue weighted by molar-refractivity contribution is 0.236. The maximum Gasteiger partial charge on any atom is 0.315 e. The fourth-order valence-electron chi connectivity index (χ4n) is 2.10. The number of benzene rings is 1. The SMILES string of the molecule is O=C(NCCF)NC(Cc1cccc(F)c1)c1cccnc1. The Morgan fingerprint density at radius 1 is 1.27 bits per heavy atom. The van der Waals surface area contributed by atoms with E-state index in [2.05, 4.69) is 15.6 Å². The van der Waals surface area contributed by atoms with Crippen molar-refractivity contribution in [3.05, 3.63) is 65.7 Å². The number of aromatic nitrogens is 1. The van der Waals surface area contributed by atoms with Gasteiger partial charge in [0.15, 0.2) is 0 Å². The average Bonchev–Trinajstić information content (AvgIpc) is 2.53. The van der Waals surface area contributed by atoms with Gasteiger partial charge in [-0.15, -0.1) is 0 Å². The van der Waals surface area contributed by atoms with Gasteiger partial charge in [0.25, 0.3) is 0 Å². The zero-order valence-corrected chi connectivity index (χ0v) is 11.9. The van der Waals surface area contributed by atoms with Crippen LogP contribution in [0.1, 0.15) is 17.2 Å². The van der Waals surface area contributed by atoms with Crippen molar-refractivity contribution in [3.63, 3.8) is 0 Å². The van der Waals surface area contributed by atoms with Crippen LogP contribution in [0.5, 0.6) is 0 Å². The van der Waals surface area contributed by atoms with Gasteiger partial charge in [-0.1, -0.05) is 18.2 Å². The molecule has 0 aliphatic carbocycles. The molecular weight excluding hydrogens is 288 g/mol. The van der Waals surface area contributed by atoms with Crippen molar-refractivity contribution >= 4 is 6.03 Å². The zero-order valence-electron chi connectivity index (χ0n) is 11.9. The summed E-state index contributed by atoms with van der Waals surface area (Å²) >= 11 is 0. The molecule has 0 aliphatic rings. The maximum atomic E-state index is 13.3. The van der Waals surface area contributed by atoms with Crippen LogP contribution >= 0.6 is 0 Å². The number of halogens is 2. The molecule has 0 bridgehead atoms. The number of carbonyl (C=O) groups excluding carboxylic acids is 1. The minimum absolute atomic E-state index is 0.0500. The fourth-order valence-corrected chi connectivity index (χ4v) is 2.10. The lowest BCUT2D eigenvalue weighted by Gasteiger charge is -2.19. The monoisotopic (exact) mass is 305 g/mol. The molecule has 1 aromatic heterocycles. The Morgan fingerprint density at radius 2 is 2.14 bits per heavy atom. The number of rotatable bonds is 6. The average molecular weight is 305 g/mol. The first-order valence-corrected chi connectivity index (χ1v) is 6.93. The van der Waals surface area contributed by atoms with Crippen LogP contribution in [0.25, 0.3) is 0 Å². The van der Waals surface area contributed by atoms with Gasteiger partial charge in [0.1, 0.15) is 12.5 Å². The van der Waals surface area contributed by atoms with Crippen molar-refractivity contribution in [1.82, 2.24) is 15.6 Å². The molecule has 2 aromatic rings. The van der Waals surface area contributed by atoms with Crippen molar-refractivity contribution in [2.24, 2.45) is 0 Å². The van der Waals surface area contributed by atoms with Crippen LogP contribution in [0.4, 0.5) is 13.6 Å². The van der Waals surface area contributed by atoms with Gasteiger partial charge < -0.3 is 10.6 Å². The third kappa shape index (κ3) is 4.80. The van der Waals surface area contributed by atoms with Crippen LogP contribution in [-0.4, -0.2) is 24.2 Å². The highest BCUT2D eigenvalue weighted by Gasteiger charge is 2.15.